The standard InChI is InChI=1S/C22H17N3O4/c1-14-3-4-17(11-15(14)2)22(26)29-19-8-5-16(6-9-19)20-13-24-12-18(25(27)28)7-10-21(24)23-20/h3-13H,1-2H3. The van der Waals surface area contributed by atoms with Crippen LogP contribution in [0.5, 0.6) is 5.75 Å². The van der Waals surface area contributed by atoms with Crippen LogP contribution in [0.1, 0.15) is 21.5 Å². The summed E-state index contributed by atoms with van der Waals surface area (Å²) in [4.78, 5) is 27.3. The molecule has 0 saturated carbocycles. The molecule has 0 N–H and O–H groups in total. The summed E-state index contributed by atoms with van der Waals surface area (Å²) in [6.07, 6.45) is 3.14. The summed E-state index contributed by atoms with van der Waals surface area (Å²) in [5, 5.41) is 10.9. The van der Waals surface area contributed by atoms with E-state index in [1.165, 1.54) is 12.3 Å². The minimum Gasteiger partial charge on any atom is -0.423 e. The number of hydrogen-bond acceptors (Lipinski definition) is 5. The Morgan fingerprint density at radius 2 is 1.76 bits per heavy atom. The Bertz CT molecular complexity index is 1240. The highest BCUT2D eigenvalue weighted by atomic mass is 16.6. The number of hydrogen-bond donors (Lipinski definition) is 0. The number of nitrogens with zero attached hydrogens (tertiary/aromatic N) is 3. The lowest BCUT2D eigenvalue weighted by molar-refractivity contribution is -0.385. The second-order valence-electron chi connectivity index (χ2n) is 6.75. The van der Waals surface area contributed by atoms with Crippen LogP contribution in [0.3, 0.4) is 0 Å². The number of aryl methyl sites for hydroxylation is 2. The zero-order chi connectivity index (χ0) is 20.5. The van der Waals surface area contributed by atoms with E-state index in [2.05, 4.69) is 4.98 Å². The lowest BCUT2D eigenvalue weighted by atomic mass is 10.1. The van der Waals surface area contributed by atoms with Crippen molar-refractivity contribution in [1.29, 1.82) is 0 Å². The van der Waals surface area contributed by atoms with Gasteiger partial charge in [-0.3, -0.25) is 14.5 Å². The first kappa shape index (κ1) is 18.4. The Labute approximate surface area is 166 Å². The molecule has 0 aliphatic heterocycles. The van der Waals surface area contributed by atoms with Gasteiger partial charge in [-0.25, -0.2) is 9.78 Å². The lowest BCUT2D eigenvalue weighted by Crippen LogP contribution is -2.08. The molecule has 0 aliphatic rings. The van der Waals surface area contributed by atoms with Crippen molar-refractivity contribution in [2.24, 2.45) is 0 Å². The average Bonchev–Trinajstić information content (AvgIpc) is 3.13. The van der Waals surface area contributed by atoms with Gasteiger partial charge >= 0.3 is 5.97 Å². The van der Waals surface area contributed by atoms with Crippen LogP contribution in [0.15, 0.2) is 67.0 Å². The predicted molar refractivity (Wildman–Crippen MR) is 108 cm³/mol. The van der Waals surface area contributed by atoms with Gasteiger partial charge in [0.25, 0.3) is 5.69 Å². The number of benzene rings is 2. The highest BCUT2D eigenvalue weighted by molar-refractivity contribution is 5.91. The van der Waals surface area contributed by atoms with Crippen molar-refractivity contribution in [3.05, 3.63) is 93.8 Å². The number of aromatic nitrogens is 2. The van der Waals surface area contributed by atoms with Gasteiger partial charge in [-0.1, -0.05) is 6.07 Å². The van der Waals surface area contributed by atoms with Crippen LogP contribution in [-0.4, -0.2) is 20.3 Å². The van der Waals surface area contributed by atoms with Crippen LogP contribution in [0, 0.1) is 24.0 Å². The largest absolute Gasteiger partial charge is 0.423 e. The molecule has 4 aromatic rings. The van der Waals surface area contributed by atoms with Gasteiger partial charge in [0.15, 0.2) is 0 Å². The molecule has 0 unspecified atom stereocenters. The highest BCUT2D eigenvalue weighted by Gasteiger charge is 2.12. The predicted octanol–water partition coefficient (Wildman–Crippen LogP) is 4.75. The number of carbonyl (C=O) groups is 1. The third kappa shape index (κ3) is 3.70. The zero-order valence-corrected chi connectivity index (χ0v) is 15.8. The first-order valence-electron chi connectivity index (χ1n) is 8.94. The summed E-state index contributed by atoms with van der Waals surface area (Å²) in [5.41, 5.74) is 4.72. The Balaban J connectivity index is 1.54. The number of imidazole rings is 1. The fourth-order valence-electron chi connectivity index (χ4n) is 2.96. The minimum absolute atomic E-state index is 0.00458. The number of fused-ring (bicyclic) bond motifs is 1. The van der Waals surface area contributed by atoms with Gasteiger partial charge in [0.1, 0.15) is 11.4 Å². The van der Waals surface area contributed by atoms with E-state index in [-0.39, 0.29) is 5.69 Å². The first-order chi connectivity index (χ1) is 13.9. The summed E-state index contributed by atoms with van der Waals surface area (Å²) in [7, 11) is 0. The number of nitro groups is 1. The maximum atomic E-state index is 12.3. The quantitative estimate of drug-likeness (QED) is 0.218. The fourth-order valence-corrected chi connectivity index (χ4v) is 2.96. The highest BCUT2D eigenvalue weighted by Crippen LogP contribution is 2.24. The number of rotatable bonds is 4. The summed E-state index contributed by atoms with van der Waals surface area (Å²) in [6.45, 7) is 3.94. The number of ether oxygens (including phenoxy) is 1. The van der Waals surface area contributed by atoms with E-state index in [1.54, 1.807) is 47.0 Å². The second kappa shape index (κ2) is 7.20. The summed E-state index contributed by atoms with van der Waals surface area (Å²) in [6, 6.07) is 15.4. The van der Waals surface area contributed by atoms with Crippen molar-refractivity contribution in [3.8, 4) is 17.0 Å². The van der Waals surface area contributed by atoms with Crippen molar-refractivity contribution < 1.29 is 14.5 Å². The van der Waals surface area contributed by atoms with E-state index >= 15 is 0 Å². The van der Waals surface area contributed by atoms with Crippen LogP contribution in [-0.2, 0) is 0 Å². The topological polar surface area (TPSA) is 86.7 Å². The van der Waals surface area contributed by atoms with Gasteiger partial charge < -0.3 is 4.74 Å². The Morgan fingerprint density at radius 3 is 2.45 bits per heavy atom. The smallest absolute Gasteiger partial charge is 0.343 e. The van der Waals surface area contributed by atoms with E-state index < -0.39 is 10.9 Å². The fraction of sp³-hybridized carbons (Fsp3) is 0.0909. The molecular weight excluding hydrogens is 370 g/mol. The van der Waals surface area contributed by atoms with Crippen LogP contribution in [0.25, 0.3) is 16.9 Å². The van der Waals surface area contributed by atoms with Gasteiger partial charge in [-0.15, -0.1) is 0 Å². The summed E-state index contributed by atoms with van der Waals surface area (Å²) >= 11 is 0. The van der Waals surface area contributed by atoms with Crippen molar-refractivity contribution in [3.63, 3.8) is 0 Å². The second-order valence-corrected chi connectivity index (χ2v) is 6.75. The SMILES string of the molecule is Cc1ccc(C(=O)Oc2ccc(-c3cn4cc([N+](=O)[O-])ccc4n3)cc2)cc1C. The molecule has 4 rings (SSSR count). The van der Waals surface area contributed by atoms with E-state index in [0.29, 0.717) is 22.7 Å². The van der Waals surface area contributed by atoms with Crippen LogP contribution in [0.4, 0.5) is 5.69 Å². The molecule has 2 heterocycles. The number of carbonyl (C=O) groups excluding carboxylic acids is 1. The third-order valence-electron chi connectivity index (χ3n) is 4.75. The van der Waals surface area contributed by atoms with Gasteiger partial charge in [-0.2, -0.15) is 0 Å². The Kier molecular flexibility index (Phi) is 4.56. The Morgan fingerprint density at radius 1 is 1.00 bits per heavy atom. The van der Waals surface area contributed by atoms with Gasteiger partial charge in [0.05, 0.1) is 22.4 Å². The molecule has 0 aliphatic carbocycles. The molecule has 0 amide bonds. The van der Waals surface area contributed by atoms with Crippen molar-refractivity contribution in [2.75, 3.05) is 0 Å². The van der Waals surface area contributed by atoms with Crippen LogP contribution in [0.2, 0.25) is 0 Å². The molecule has 0 radical (unpaired) electrons. The van der Waals surface area contributed by atoms with E-state index in [0.717, 1.165) is 16.7 Å². The Hall–Kier alpha value is -4.00. The minimum atomic E-state index is -0.447. The molecule has 29 heavy (non-hydrogen) atoms. The molecular formula is C22H17N3O4. The average molecular weight is 387 g/mol. The van der Waals surface area contributed by atoms with Gasteiger partial charge in [0.2, 0.25) is 0 Å². The summed E-state index contributed by atoms with van der Waals surface area (Å²) < 4.78 is 7.06. The molecule has 7 nitrogen and oxygen atoms in total. The monoisotopic (exact) mass is 387 g/mol. The normalized spacial score (nSPS) is 10.8. The van der Waals surface area contributed by atoms with Crippen molar-refractivity contribution in [1.82, 2.24) is 9.38 Å². The van der Waals surface area contributed by atoms with Crippen LogP contribution < -0.4 is 4.74 Å². The molecule has 0 atom stereocenters. The van der Waals surface area contributed by atoms with E-state index in [4.69, 9.17) is 4.74 Å². The van der Waals surface area contributed by atoms with Crippen molar-refractivity contribution in [2.45, 2.75) is 13.8 Å². The molecule has 7 heteroatoms. The number of pyridine rings is 1. The first-order valence-corrected chi connectivity index (χ1v) is 8.94. The van der Waals surface area contributed by atoms with Crippen molar-refractivity contribution >= 4 is 17.3 Å². The molecule has 2 aromatic heterocycles. The maximum Gasteiger partial charge on any atom is 0.343 e. The van der Waals surface area contributed by atoms with E-state index in [1.807, 2.05) is 26.0 Å². The molecule has 0 bridgehead atoms. The zero-order valence-electron chi connectivity index (χ0n) is 15.8. The molecule has 2 aromatic carbocycles. The molecule has 0 fully saturated rings. The van der Waals surface area contributed by atoms with Gasteiger partial charge in [-0.05, 0) is 67.4 Å². The van der Waals surface area contributed by atoms with Gasteiger partial charge in [0, 0.05) is 17.8 Å². The maximum absolute atomic E-state index is 12.3. The lowest BCUT2D eigenvalue weighted by Gasteiger charge is -2.07. The molecule has 0 saturated heterocycles. The third-order valence-corrected chi connectivity index (χ3v) is 4.75. The molecule has 144 valence electrons. The molecule has 0 spiro atoms. The van der Waals surface area contributed by atoms with Crippen LogP contribution >= 0.6 is 0 Å². The summed E-state index contributed by atoms with van der Waals surface area (Å²) in [5.74, 6) is 0.0114. The van der Waals surface area contributed by atoms with E-state index in [9.17, 15) is 14.9 Å². The number of esters is 1.